The molecule has 1 nitrogen and oxygen atoms in total. The van der Waals surface area contributed by atoms with Gasteiger partial charge in [0.05, 0.1) is 0 Å². The Hall–Kier alpha value is 1.94. The van der Waals surface area contributed by atoms with Crippen LogP contribution in [0.1, 0.15) is 0 Å². The van der Waals surface area contributed by atoms with Gasteiger partial charge in [0.15, 0.2) is 0 Å². The molecule has 0 aliphatic heterocycles. The molecule has 14 radical (unpaired) electrons. The molecule has 0 aromatic carbocycles. The average molecular weight is 581 g/mol. The van der Waals surface area contributed by atoms with Crippen molar-refractivity contribution in [2.75, 3.05) is 14.1 Å². The zero-order valence-electron chi connectivity index (χ0n) is 20.2. The second kappa shape index (κ2) is 15.0. The first-order valence-corrected chi connectivity index (χ1v) is 21.1. The molecule has 0 aromatic rings. The van der Waals surface area contributed by atoms with E-state index in [0.29, 0.717) is 2.84 Å². The Labute approximate surface area is 213 Å². The monoisotopic (exact) mass is 581 g/mol. The van der Waals surface area contributed by atoms with Crippen LogP contribution in [-0.4, -0.2) is 61.6 Å². The molecule has 0 spiro atoms. The Morgan fingerprint density at radius 2 is 0.897 bits per heavy atom. The maximum Gasteiger partial charge on any atom is 2.00 e. The van der Waals surface area contributed by atoms with Gasteiger partial charge in [0.2, 0.25) is 0 Å². The minimum atomic E-state index is -1.32. The van der Waals surface area contributed by atoms with Crippen LogP contribution in [0.25, 0.3) is 0 Å². The van der Waals surface area contributed by atoms with Crippen molar-refractivity contribution in [3.63, 3.8) is 0 Å². The smallest absolute Gasteiger partial charge is 0.474 e. The fourth-order valence-electron chi connectivity index (χ4n) is 4.00. The summed E-state index contributed by atoms with van der Waals surface area (Å²) in [7, 11) is 1.02. The Morgan fingerprint density at radius 1 is 0.621 bits per heavy atom. The molecule has 0 atom stereocenters. The SMILES string of the molecule is CN(C)[Si](C)(C)[C]([Ga])([Si](C)(C)C)[Si](C)(C)C.[C-]1[CH][CH][CH][CH][CH]1.[C-]1[CH][CH][CH][CH][CH]1.[Mo+2]. The number of hydrogen-bond donors (Lipinski definition) is 0. The fourth-order valence-corrected chi connectivity index (χ4v) is 31.4. The van der Waals surface area contributed by atoms with Crippen LogP contribution in [0.4, 0.5) is 0 Å². The van der Waals surface area contributed by atoms with Crippen LogP contribution in [0, 0.1) is 77.0 Å². The summed E-state index contributed by atoms with van der Waals surface area (Å²) in [6.07, 6.45) is 25.0. The molecule has 0 aromatic heterocycles. The van der Waals surface area contributed by atoms with Crippen LogP contribution in [0.15, 0.2) is 0 Å². The third-order valence-electron chi connectivity index (χ3n) is 5.66. The van der Waals surface area contributed by atoms with Gasteiger partial charge in [0.25, 0.3) is 0 Å². The summed E-state index contributed by atoms with van der Waals surface area (Å²) in [6.45, 7) is 20.7. The second-order valence-corrected chi connectivity index (χ2v) is 32.2. The molecule has 29 heavy (non-hydrogen) atoms. The molecular formula is C23H40GaMoNSi3. The van der Waals surface area contributed by atoms with E-state index < -0.39 is 24.4 Å². The molecule has 0 bridgehead atoms. The van der Waals surface area contributed by atoms with E-state index in [1.807, 2.05) is 64.2 Å². The van der Waals surface area contributed by atoms with Crippen molar-refractivity contribution in [3.05, 3.63) is 77.0 Å². The molecule has 2 fully saturated rings. The van der Waals surface area contributed by atoms with Crippen molar-refractivity contribution in [1.29, 1.82) is 0 Å². The summed E-state index contributed by atoms with van der Waals surface area (Å²) < 4.78 is 3.29. The minimum Gasteiger partial charge on any atom is -0.474 e. The Balaban J connectivity index is 0. The molecule has 6 heteroatoms. The van der Waals surface area contributed by atoms with Crippen molar-refractivity contribution < 1.29 is 21.1 Å². The van der Waals surface area contributed by atoms with Gasteiger partial charge in [-0.1, -0.05) is 25.7 Å². The van der Waals surface area contributed by atoms with E-state index in [1.165, 1.54) is 0 Å². The first kappa shape index (κ1) is 33.1. The summed E-state index contributed by atoms with van der Waals surface area (Å²) >= 11 is 2.07. The largest absolute Gasteiger partial charge is 2.00 e. The van der Waals surface area contributed by atoms with Crippen LogP contribution in [0.5, 0.6) is 0 Å². The number of nitrogens with zero attached hydrogens (tertiary/aromatic N) is 1. The van der Waals surface area contributed by atoms with E-state index in [2.05, 4.69) is 102 Å². The summed E-state index contributed by atoms with van der Waals surface area (Å²) in [5.74, 6) is 0. The third-order valence-corrected chi connectivity index (χ3v) is 42.6. The molecule has 2 saturated carbocycles. The molecule has 0 heterocycles. The Kier molecular flexibility index (Phi) is 17.1. The predicted molar refractivity (Wildman–Crippen MR) is 136 cm³/mol. The van der Waals surface area contributed by atoms with Gasteiger partial charge < -0.3 is 12.8 Å². The minimum absolute atomic E-state index is 0. The second-order valence-electron chi connectivity index (χ2n) is 9.92. The zero-order chi connectivity index (χ0) is 22.1. The molecule has 0 unspecified atom stereocenters. The number of rotatable bonds is 4. The molecule has 158 valence electrons. The van der Waals surface area contributed by atoms with Gasteiger partial charge in [-0.05, 0) is 12.8 Å². The van der Waals surface area contributed by atoms with Crippen molar-refractivity contribution >= 4 is 43.0 Å². The van der Waals surface area contributed by atoms with Crippen molar-refractivity contribution in [1.82, 2.24) is 4.57 Å². The number of hydrogen-bond acceptors (Lipinski definition) is 1. The fraction of sp³-hybridized carbons (Fsp3) is 0.478. The molecule has 0 saturated heterocycles. The van der Waals surface area contributed by atoms with E-state index >= 15 is 0 Å². The average Bonchev–Trinajstić information content (AvgIpc) is 2.63. The van der Waals surface area contributed by atoms with Gasteiger partial charge in [0, 0.05) is 0 Å². The van der Waals surface area contributed by atoms with Crippen LogP contribution in [0.2, 0.25) is 55.2 Å². The van der Waals surface area contributed by atoms with Crippen LogP contribution >= 0.6 is 0 Å². The van der Waals surface area contributed by atoms with E-state index in [1.54, 1.807) is 0 Å². The Bertz CT molecular complexity index is 360. The predicted octanol–water partition coefficient (Wildman–Crippen LogP) is 5.58. The van der Waals surface area contributed by atoms with Crippen LogP contribution in [-0.2, 0) is 21.1 Å². The van der Waals surface area contributed by atoms with Gasteiger partial charge in [0.1, 0.15) is 0 Å². The van der Waals surface area contributed by atoms with Gasteiger partial charge in [-0.15, -0.1) is 0 Å². The van der Waals surface area contributed by atoms with E-state index in [4.69, 9.17) is 0 Å². The Morgan fingerprint density at radius 3 is 0.966 bits per heavy atom. The van der Waals surface area contributed by atoms with E-state index in [0.717, 1.165) is 0 Å². The molecule has 2 rings (SSSR count). The van der Waals surface area contributed by atoms with E-state index in [-0.39, 0.29) is 21.1 Å². The summed E-state index contributed by atoms with van der Waals surface area (Å²) in [4.78, 5) is 0. The summed E-state index contributed by atoms with van der Waals surface area (Å²) in [6, 6.07) is 0. The van der Waals surface area contributed by atoms with Crippen molar-refractivity contribution in [3.8, 4) is 0 Å². The third kappa shape index (κ3) is 10.6. The molecule has 0 amide bonds. The standard InChI is InChI=1S/C11H30NSi3.2C6H5.Ga.Mo/c1-12(2)15(9,10)11(13(3,4)5)14(6,7)8;2*1-2-4-6-5-3-1;;/h1-10H3;2*1-5H;;/q;2*-1;;+2. The maximum atomic E-state index is 2.89. The molecule has 2 aliphatic rings. The van der Waals surface area contributed by atoms with Gasteiger partial charge in [-0.2, -0.15) is 0 Å². The van der Waals surface area contributed by atoms with Crippen LogP contribution in [0.3, 0.4) is 0 Å². The van der Waals surface area contributed by atoms with Crippen molar-refractivity contribution in [2.24, 2.45) is 0 Å². The first-order chi connectivity index (χ1) is 12.7. The maximum absolute atomic E-state index is 2.89. The summed E-state index contributed by atoms with van der Waals surface area (Å²) in [5.41, 5.74) is 0. The summed E-state index contributed by atoms with van der Waals surface area (Å²) in [5, 5.41) is 0. The van der Waals surface area contributed by atoms with Gasteiger partial charge in [-0.3, -0.25) is 0 Å². The topological polar surface area (TPSA) is 3.24 Å². The van der Waals surface area contributed by atoms with Crippen molar-refractivity contribution in [2.45, 2.75) is 55.2 Å². The van der Waals surface area contributed by atoms with Gasteiger partial charge >= 0.3 is 138 Å². The normalized spacial score (nSPS) is 18.6. The zero-order valence-corrected chi connectivity index (χ0v) is 27.6. The molecule has 0 N–H and O–H groups in total. The quantitative estimate of drug-likeness (QED) is 0.310. The van der Waals surface area contributed by atoms with Crippen LogP contribution < -0.4 is 0 Å². The van der Waals surface area contributed by atoms with Gasteiger partial charge in [-0.25, -0.2) is 25.7 Å². The van der Waals surface area contributed by atoms with E-state index in [9.17, 15) is 0 Å². The first-order valence-electron chi connectivity index (χ1n) is 9.98. The molecular weight excluding hydrogens is 540 g/mol. The molecule has 2 aliphatic carbocycles.